The van der Waals surface area contributed by atoms with Crippen LogP contribution in [0.25, 0.3) is 0 Å². The monoisotopic (exact) mass is 385 g/mol. The number of aliphatic carboxylic acids is 1. The van der Waals surface area contributed by atoms with Gasteiger partial charge < -0.3 is 9.84 Å². The van der Waals surface area contributed by atoms with Crippen molar-refractivity contribution >= 4 is 5.97 Å². The summed E-state index contributed by atoms with van der Waals surface area (Å²) >= 11 is 0. The number of nitrogens with zero attached hydrogens (tertiary/aromatic N) is 1. The first-order chi connectivity index (χ1) is 13.2. The lowest BCUT2D eigenvalue weighted by atomic mass is 9.43. The largest absolute Gasteiger partial charge is 0.481 e. The standard InChI is InChI=1S/C24H35NO3/c1-14(2)11-28-13-23-10-18-16(5)6-7-19(18)22(12-25)9-17(23)8-20(15(3)4)24(22,23)21(26)27/h8,14-19H,6-7,9-11,13H2,1-5H3,(H,26,27)/t16-,17+,18-,19-,22+,23+,24+/m1/s1. The smallest absolute Gasteiger partial charge is 0.316 e. The van der Waals surface area contributed by atoms with Gasteiger partial charge in [0.1, 0.15) is 5.41 Å². The molecule has 154 valence electrons. The number of carboxylic acids is 1. The molecule has 4 aliphatic rings. The van der Waals surface area contributed by atoms with Gasteiger partial charge in [0.05, 0.1) is 18.1 Å². The molecule has 0 aromatic carbocycles. The summed E-state index contributed by atoms with van der Waals surface area (Å²) in [6.45, 7) is 11.8. The minimum Gasteiger partial charge on any atom is -0.481 e. The number of hydrogen-bond acceptors (Lipinski definition) is 3. The summed E-state index contributed by atoms with van der Waals surface area (Å²) in [5.74, 6) is 1.12. The fraction of sp³-hybridized carbons (Fsp3) is 0.833. The maximum absolute atomic E-state index is 13.2. The van der Waals surface area contributed by atoms with Gasteiger partial charge in [-0.3, -0.25) is 4.79 Å². The van der Waals surface area contributed by atoms with Crippen LogP contribution in [0.2, 0.25) is 0 Å². The van der Waals surface area contributed by atoms with Gasteiger partial charge in [0.2, 0.25) is 0 Å². The molecule has 0 saturated heterocycles. The molecule has 0 aromatic rings. The molecule has 0 heterocycles. The molecule has 0 aliphatic heterocycles. The van der Waals surface area contributed by atoms with Crippen molar-refractivity contribution in [1.29, 1.82) is 5.26 Å². The Bertz CT molecular complexity index is 749. The van der Waals surface area contributed by atoms with E-state index in [0.29, 0.717) is 37.4 Å². The molecule has 4 bridgehead atoms. The summed E-state index contributed by atoms with van der Waals surface area (Å²) in [7, 11) is 0. The lowest BCUT2D eigenvalue weighted by Gasteiger charge is -2.57. The molecule has 0 spiro atoms. The molecule has 4 nitrogen and oxygen atoms in total. The van der Waals surface area contributed by atoms with E-state index in [4.69, 9.17) is 4.74 Å². The third-order valence-corrected chi connectivity index (χ3v) is 8.85. The average molecular weight is 386 g/mol. The molecule has 3 saturated carbocycles. The number of hydrogen-bond donors (Lipinski definition) is 1. The van der Waals surface area contributed by atoms with Crippen molar-refractivity contribution in [3.63, 3.8) is 0 Å². The Labute approximate surface area is 169 Å². The predicted molar refractivity (Wildman–Crippen MR) is 107 cm³/mol. The minimum absolute atomic E-state index is 0.133. The van der Waals surface area contributed by atoms with Gasteiger partial charge in [-0.15, -0.1) is 0 Å². The van der Waals surface area contributed by atoms with Crippen LogP contribution in [0.4, 0.5) is 0 Å². The fourth-order valence-electron chi connectivity index (χ4n) is 8.02. The molecule has 1 N–H and O–H groups in total. The zero-order valence-electron chi connectivity index (χ0n) is 18.0. The highest BCUT2D eigenvalue weighted by Gasteiger charge is 2.84. The van der Waals surface area contributed by atoms with Crippen molar-refractivity contribution in [3.8, 4) is 6.07 Å². The summed E-state index contributed by atoms with van der Waals surface area (Å²) in [6.07, 6.45) is 5.95. The lowest BCUT2D eigenvalue weighted by molar-refractivity contribution is -0.179. The van der Waals surface area contributed by atoms with Crippen LogP contribution in [0.3, 0.4) is 0 Å². The van der Waals surface area contributed by atoms with Crippen LogP contribution in [0.15, 0.2) is 11.6 Å². The third kappa shape index (κ3) is 2.07. The van der Waals surface area contributed by atoms with E-state index in [-0.39, 0.29) is 17.8 Å². The topological polar surface area (TPSA) is 70.3 Å². The van der Waals surface area contributed by atoms with E-state index in [0.717, 1.165) is 24.8 Å². The quantitative estimate of drug-likeness (QED) is 0.660. The van der Waals surface area contributed by atoms with Crippen molar-refractivity contribution in [2.75, 3.05) is 13.2 Å². The van der Waals surface area contributed by atoms with Crippen LogP contribution in [-0.2, 0) is 9.53 Å². The van der Waals surface area contributed by atoms with Crippen molar-refractivity contribution < 1.29 is 14.6 Å². The van der Waals surface area contributed by atoms with E-state index >= 15 is 0 Å². The van der Waals surface area contributed by atoms with Crippen LogP contribution in [0, 0.1) is 63.1 Å². The van der Waals surface area contributed by atoms with Gasteiger partial charge in [-0.05, 0) is 54.8 Å². The lowest BCUT2D eigenvalue weighted by Crippen LogP contribution is -2.62. The first-order valence-electron chi connectivity index (χ1n) is 11.1. The minimum atomic E-state index is -1.09. The molecule has 0 unspecified atom stereocenters. The zero-order valence-corrected chi connectivity index (χ0v) is 18.0. The highest BCUT2D eigenvalue weighted by Crippen LogP contribution is 2.83. The molecule has 4 aliphatic carbocycles. The van der Waals surface area contributed by atoms with Crippen molar-refractivity contribution in [2.24, 2.45) is 51.8 Å². The second-order valence-corrected chi connectivity index (χ2v) is 10.8. The fourth-order valence-corrected chi connectivity index (χ4v) is 8.02. The second kappa shape index (κ2) is 6.33. The SMILES string of the molecule is CC(C)COC[C@@]12C[C@@H]3[C@H](C)CC[C@H]3[C@@]3(C#N)C[C@@H]1C=C(C(C)C)[C@@]23C(=O)O. The van der Waals surface area contributed by atoms with Crippen LogP contribution in [0.1, 0.15) is 60.3 Å². The number of carboxylic acid groups (broad SMARTS) is 1. The summed E-state index contributed by atoms with van der Waals surface area (Å²) < 4.78 is 6.21. The average Bonchev–Trinajstić information content (AvgIpc) is 3.18. The van der Waals surface area contributed by atoms with E-state index in [1.165, 1.54) is 0 Å². The Morgan fingerprint density at radius 1 is 1.32 bits per heavy atom. The predicted octanol–water partition coefficient (Wildman–Crippen LogP) is 4.91. The highest BCUT2D eigenvalue weighted by atomic mass is 16.5. The molecular weight excluding hydrogens is 350 g/mol. The maximum Gasteiger partial charge on any atom is 0.316 e. The van der Waals surface area contributed by atoms with Crippen molar-refractivity contribution in [2.45, 2.75) is 60.3 Å². The maximum atomic E-state index is 13.2. The number of nitriles is 1. The molecule has 7 atom stereocenters. The number of fused-ring (bicyclic) bond motifs is 2. The molecule has 0 radical (unpaired) electrons. The normalized spacial score (nSPS) is 46.0. The van der Waals surface area contributed by atoms with Crippen LogP contribution < -0.4 is 0 Å². The van der Waals surface area contributed by atoms with E-state index in [1.54, 1.807) is 0 Å². The zero-order chi connectivity index (χ0) is 20.5. The van der Waals surface area contributed by atoms with Gasteiger partial charge in [0.15, 0.2) is 0 Å². The molecule has 4 heteroatoms. The van der Waals surface area contributed by atoms with Crippen molar-refractivity contribution in [1.82, 2.24) is 0 Å². The number of allylic oxidation sites excluding steroid dienone is 1. The molecule has 0 aromatic heterocycles. The summed E-state index contributed by atoms with van der Waals surface area (Å²) in [5, 5.41) is 21.4. The third-order valence-electron chi connectivity index (χ3n) is 8.85. The van der Waals surface area contributed by atoms with Gasteiger partial charge >= 0.3 is 5.97 Å². The first-order valence-corrected chi connectivity index (χ1v) is 11.1. The van der Waals surface area contributed by atoms with E-state index in [9.17, 15) is 15.2 Å². The number of rotatable bonds is 6. The summed E-state index contributed by atoms with van der Waals surface area (Å²) in [5.41, 5.74) is -1.34. The van der Waals surface area contributed by atoms with Crippen LogP contribution in [0.5, 0.6) is 0 Å². The van der Waals surface area contributed by atoms with Gasteiger partial charge in [-0.25, -0.2) is 0 Å². The van der Waals surface area contributed by atoms with Gasteiger partial charge in [0, 0.05) is 12.0 Å². The van der Waals surface area contributed by atoms with Crippen LogP contribution >= 0.6 is 0 Å². The Balaban J connectivity index is 1.91. The van der Waals surface area contributed by atoms with Gasteiger partial charge in [-0.1, -0.05) is 52.7 Å². The van der Waals surface area contributed by atoms with E-state index < -0.39 is 22.2 Å². The Kier molecular flexibility index (Phi) is 4.51. The number of ether oxygens (including phenoxy) is 1. The summed E-state index contributed by atoms with van der Waals surface area (Å²) in [6, 6.07) is 2.69. The van der Waals surface area contributed by atoms with Gasteiger partial charge in [-0.2, -0.15) is 5.26 Å². The van der Waals surface area contributed by atoms with E-state index in [2.05, 4.69) is 46.8 Å². The van der Waals surface area contributed by atoms with Crippen molar-refractivity contribution in [3.05, 3.63) is 11.6 Å². The first kappa shape index (κ1) is 20.0. The Morgan fingerprint density at radius 3 is 2.61 bits per heavy atom. The van der Waals surface area contributed by atoms with E-state index in [1.807, 2.05) is 0 Å². The van der Waals surface area contributed by atoms with Gasteiger partial charge in [0.25, 0.3) is 0 Å². The number of carbonyl (C=O) groups is 1. The highest BCUT2D eigenvalue weighted by molar-refractivity contribution is 5.85. The summed E-state index contributed by atoms with van der Waals surface area (Å²) in [4.78, 5) is 13.2. The Hall–Kier alpha value is -1.34. The second-order valence-electron chi connectivity index (χ2n) is 10.8. The molecule has 4 rings (SSSR count). The molecule has 0 amide bonds. The Morgan fingerprint density at radius 2 is 2.04 bits per heavy atom. The molecular formula is C24H35NO3. The molecule has 3 fully saturated rings. The van der Waals surface area contributed by atoms with Crippen LogP contribution in [-0.4, -0.2) is 24.3 Å². The molecule has 28 heavy (non-hydrogen) atoms.